The third kappa shape index (κ3) is 3.16. The molecule has 0 saturated carbocycles. The Kier molecular flexibility index (Phi) is 4.60. The number of aliphatic hydroxyl groups is 1. The number of benzene rings is 1. The van der Waals surface area contributed by atoms with E-state index in [0.29, 0.717) is 6.54 Å². The minimum atomic E-state index is -3.51. The minimum absolute atomic E-state index is 0.0359. The number of allylic oxidation sites excluding steroid dienone is 1. The highest BCUT2D eigenvalue weighted by atomic mass is 32.2. The predicted octanol–water partition coefficient (Wildman–Crippen LogP) is 2.16. The third-order valence-electron chi connectivity index (χ3n) is 3.85. The summed E-state index contributed by atoms with van der Waals surface area (Å²) >= 11 is 0. The van der Waals surface area contributed by atoms with Crippen LogP contribution < -0.4 is 0 Å². The van der Waals surface area contributed by atoms with Crippen LogP contribution in [0.2, 0.25) is 0 Å². The second-order valence-corrected chi connectivity index (χ2v) is 7.88. The molecule has 1 heterocycles. The van der Waals surface area contributed by atoms with Crippen molar-refractivity contribution in [3.63, 3.8) is 0 Å². The van der Waals surface area contributed by atoms with Crippen molar-refractivity contribution in [1.82, 2.24) is 4.90 Å². The maximum absolute atomic E-state index is 12.5. The Hall–Kier alpha value is -1.82. The standard InChI is InChI=1S/C16H21NO4S/c1-11(2)17-9-13(15(12(3)18)16(17)19)10-22(20,21)14-7-5-4-6-8-14/h4-8,11,13,18H,9-10H2,1-3H3/b15-12+. The number of hydrogen-bond donors (Lipinski definition) is 1. The number of sulfone groups is 1. The van der Waals surface area contributed by atoms with Crippen molar-refractivity contribution in [3.8, 4) is 0 Å². The van der Waals surface area contributed by atoms with Crippen LogP contribution in [0.5, 0.6) is 0 Å². The molecule has 1 aromatic carbocycles. The second-order valence-electron chi connectivity index (χ2n) is 5.84. The number of nitrogens with zero attached hydrogens (tertiary/aromatic N) is 1. The van der Waals surface area contributed by atoms with Crippen LogP contribution in [0.4, 0.5) is 0 Å². The average molecular weight is 323 g/mol. The Bertz CT molecular complexity index is 688. The predicted molar refractivity (Wildman–Crippen MR) is 84.2 cm³/mol. The Morgan fingerprint density at radius 3 is 2.41 bits per heavy atom. The lowest BCUT2D eigenvalue weighted by Gasteiger charge is -2.20. The first kappa shape index (κ1) is 16.5. The summed E-state index contributed by atoms with van der Waals surface area (Å²) in [6, 6.07) is 8.14. The molecule has 1 aliphatic heterocycles. The molecule has 1 amide bonds. The van der Waals surface area contributed by atoms with Crippen LogP contribution in [-0.4, -0.2) is 42.7 Å². The first-order chi connectivity index (χ1) is 10.2. The van der Waals surface area contributed by atoms with Gasteiger partial charge in [-0.05, 0) is 32.9 Å². The molecular formula is C16H21NO4S. The van der Waals surface area contributed by atoms with Crippen LogP contribution >= 0.6 is 0 Å². The molecule has 0 aliphatic carbocycles. The van der Waals surface area contributed by atoms with Gasteiger partial charge in [0.1, 0.15) is 0 Å². The maximum Gasteiger partial charge on any atom is 0.253 e. The van der Waals surface area contributed by atoms with Crippen molar-refractivity contribution in [1.29, 1.82) is 0 Å². The quantitative estimate of drug-likeness (QED) is 0.680. The maximum atomic E-state index is 12.5. The molecule has 1 N–H and O–H groups in total. The van der Waals surface area contributed by atoms with E-state index in [-0.39, 0.29) is 33.9 Å². The number of likely N-dealkylation sites (tertiary alicyclic amines) is 1. The lowest BCUT2D eigenvalue weighted by molar-refractivity contribution is -0.126. The molecule has 1 fully saturated rings. The average Bonchev–Trinajstić information content (AvgIpc) is 2.76. The van der Waals surface area contributed by atoms with E-state index < -0.39 is 15.8 Å². The number of aliphatic hydroxyl groups excluding tert-OH is 1. The summed E-state index contributed by atoms with van der Waals surface area (Å²) in [6.07, 6.45) is 0. The molecular weight excluding hydrogens is 302 g/mol. The fourth-order valence-electron chi connectivity index (χ4n) is 2.76. The molecule has 6 heteroatoms. The van der Waals surface area contributed by atoms with Gasteiger partial charge in [-0.2, -0.15) is 0 Å². The van der Waals surface area contributed by atoms with E-state index in [1.54, 1.807) is 35.2 Å². The van der Waals surface area contributed by atoms with Gasteiger partial charge in [0.25, 0.3) is 5.91 Å². The number of hydrogen-bond acceptors (Lipinski definition) is 4. The molecule has 120 valence electrons. The van der Waals surface area contributed by atoms with E-state index >= 15 is 0 Å². The molecule has 0 radical (unpaired) electrons. The molecule has 5 nitrogen and oxygen atoms in total. The van der Waals surface area contributed by atoms with Crippen LogP contribution in [0.1, 0.15) is 20.8 Å². The van der Waals surface area contributed by atoms with Crippen LogP contribution in [-0.2, 0) is 14.6 Å². The van der Waals surface area contributed by atoms with Gasteiger partial charge >= 0.3 is 0 Å². The van der Waals surface area contributed by atoms with Crippen LogP contribution in [0.3, 0.4) is 0 Å². The smallest absolute Gasteiger partial charge is 0.253 e. The molecule has 0 bridgehead atoms. The fourth-order valence-corrected chi connectivity index (χ4v) is 4.33. The van der Waals surface area contributed by atoms with Gasteiger partial charge in [0, 0.05) is 18.5 Å². The van der Waals surface area contributed by atoms with Crippen molar-refractivity contribution in [2.45, 2.75) is 31.7 Å². The topological polar surface area (TPSA) is 74.7 Å². The zero-order valence-corrected chi connectivity index (χ0v) is 13.8. The normalized spacial score (nSPS) is 21.5. The highest BCUT2D eigenvalue weighted by Gasteiger charge is 2.40. The number of carbonyl (C=O) groups is 1. The zero-order chi connectivity index (χ0) is 16.5. The SMILES string of the molecule is C/C(O)=C1\C(=O)N(C(C)C)CC1CS(=O)(=O)c1ccccc1. The van der Waals surface area contributed by atoms with Gasteiger partial charge in [0.05, 0.1) is 22.0 Å². The molecule has 1 atom stereocenters. The zero-order valence-electron chi connectivity index (χ0n) is 13.0. The molecule has 0 aromatic heterocycles. The molecule has 1 aromatic rings. The summed E-state index contributed by atoms with van der Waals surface area (Å²) in [5.41, 5.74) is 0.216. The summed E-state index contributed by atoms with van der Waals surface area (Å²) in [7, 11) is -3.51. The Morgan fingerprint density at radius 2 is 1.91 bits per heavy atom. The van der Waals surface area contributed by atoms with Gasteiger partial charge in [-0.3, -0.25) is 4.79 Å². The van der Waals surface area contributed by atoms with Gasteiger partial charge in [-0.15, -0.1) is 0 Å². The Labute approximate surface area is 131 Å². The molecule has 0 spiro atoms. The van der Waals surface area contributed by atoms with E-state index in [9.17, 15) is 18.3 Å². The van der Waals surface area contributed by atoms with Gasteiger partial charge in [0.2, 0.25) is 0 Å². The summed E-state index contributed by atoms with van der Waals surface area (Å²) < 4.78 is 25.0. The van der Waals surface area contributed by atoms with Gasteiger partial charge in [0.15, 0.2) is 9.84 Å². The highest BCUT2D eigenvalue weighted by Crippen LogP contribution is 2.30. The van der Waals surface area contributed by atoms with Crippen molar-refractivity contribution < 1.29 is 18.3 Å². The van der Waals surface area contributed by atoms with Crippen LogP contribution in [0.15, 0.2) is 46.6 Å². The van der Waals surface area contributed by atoms with E-state index in [0.717, 1.165) is 0 Å². The number of rotatable bonds is 4. The summed E-state index contributed by atoms with van der Waals surface area (Å²) in [4.78, 5) is 14.2. The first-order valence-corrected chi connectivity index (χ1v) is 8.87. The molecule has 2 rings (SSSR count). The molecule has 1 unspecified atom stereocenters. The number of amides is 1. The van der Waals surface area contributed by atoms with Crippen LogP contribution in [0, 0.1) is 5.92 Å². The lowest BCUT2D eigenvalue weighted by atomic mass is 10.0. The summed E-state index contributed by atoms with van der Waals surface area (Å²) in [5.74, 6) is -1.06. The van der Waals surface area contributed by atoms with Gasteiger partial charge in [-0.25, -0.2) is 8.42 Å². The van der Waals surface area contributed by atoms with Crippen molar-refractivity contribution in [3.05, 3.63) is 41.7 Å². The minimum Gasteiger partial charge on any atom is -0.512 e. The highest BCUT2D eigenvalue weighted by molar-refractivity contribution is 7.91. The van der Waals surface area contributed by atoms with Crippen LogP contribution in [0.25, 0.3) is 0 Å². The van der Waals surface area contributed by atoms with Gasteiger partial charge in [-0.1, -0.05) is 18.2 Å². The Morgan fingerprint density at radius 1 is 1.32 bits per heavy atom. The van der Waals surface area contributed by atoms with Crippen molar-refractivity contribution in [2.75, 3.05) is 12.3 Å². The molecule has 1 aliphatic rings. The van der Waals surface area contributed by atoms with Crippen molar-refractivity contribution >= 4 is 15.7 Å². The Balaban J connectivity index is 2.33. The van der Waals surface area contributed by atoms with Crippen molar-refractivity contribution in [2.24, 2.45) is 5.92 Å². The fraction of sp³-hybridized carbons (Fsp3) is 0.438. The van der Waals surface area contributed by atoms with Gasteiger partial charge < -0.3 is 10.0 Å². The number of carbonyl (C=O) groups excluding carboxylic acids is 1. The first-order valence-electron chi connectivity index (χ1n) is 7.22. The summed E-state index contributed by atoms with van der Waals surface area (Å²) in [5, 5.41) is 9.80. The van der Waals surface area contributed by atoms with E-state index in [4.69, 9.17) is 0 Å². The monoisotopic (exact) mass is 323 g/mol. The third-order valence-corrected chi connectivity index (χ3v) is 5.68. The second kappa shape index (κ2) is 6.12. The van der Waals surface area contributed by atoms with E-state index in [1.807, 2.05) is 13.8 Å². The van der Waals surface area contributed by atoms with E-state index in [2.05, 4.69) is 0 Å². The lowest BCUT2D eigenvalue weighted by Crippen LogP contribution is -2.32. The molecule has 1 saturated heterocycles. The molecule has 22 heavy (non-hydrogen) atoms. The van der Waals surface area contributed by atoms with E-state index in [1.165, 1.54) is 6.92 Å². The summed E-state index contributed by atoms with van der Waals surface area (Å²) in [6.45, 7) is 5.49. The largest absolute Gasteiger partial charge is 0.512 e.